The van der Waals surface area contributed by atoms with E-state index in [-0.39, 0.29) is 5.56 Å². The fourth-order valence-corrected chi connectivity index (χ4v) is 2.83. The Labute approximate surface area is 123 Å². The van der Waals surface area contributed by atoms with Crippen molar-refractivity contribution < 1.29 is 9.90 Å². The van der Waals surface area contributed by atoms with Gasteiger partial charge in [-0.2, -0.15) is 0 Å². The molecule has 1 heterocycles. The topological polar surface area (TPSA) is 63.1 Å². The molecule has 108 valence electrons. The molecule has 1 aliphatic rings. The molecule has 0 fully saturated rings. The zero-order valence-corrected chi connectivity index (χ0v) is 12.0. The summed E-state index contributed by atoms with van der Waals surface area (Å²) in [4.78, 5) is 20.0. The van der Waals surface area contributed by atoms with Crippen LogP contribution in [0.3, 0.4) is 0 Å². The molecule has 1 aliphatic carbocycles. The fraction of sp³-hybridized carbons (Fsp3) is 0.353. The summed E-state index contributed by atoms with van der Waals surface area (Å²) in [6, 6.07) is 6.72. The minimum atomic E-state index is -0.918. The van der Waals surface area contributed by atoms with E-state index < -0.39 is 5.97 Å². The molecule has 0 amide bonds. The van der Waals surface area contributed by atoms with Crippen LogP contribution in [-0.4, -0.2) is 21.0 Å². The first kappa shape index (κ1) is 13.7. The number of benzene rings is 1. The van der Waals surface area contributed by atoms with Crippen molar-refractivity contribution in [3.8, 4) is 11.4 Å². The van der Waals surface area contributed by atoms with E-state index >= 15 is 0 Å². The van der Waals surface area contributed by atoms with Crippen molar-refractivity contribution in [1.29, 1.82) is 0 Å². The number of aromatic carboxylic acids is 1. The molecule has 2 aromatic rings. The molecule has 4 nitrogen and oxygen atoms in total. The van der Waals surface area contributed by atoms with Crippen molar-refractivity contribution in [3.05, 3.63) is 47.3 Å². The van der Waals surface area contributed by atoms with Crippen LogP contribution in [-0.2, 0) is 12.8 Å². The Kier molecular flexibility index (Phi) is 3.69. The lowest BCUT2D eigenvalue weighted by Gasteiger charge is -2.22. The number of rotatable bonds is 3. The predicted molar refractivity (Wildman–Crippen MR) is 80.2 cm³/mol. The molecule has 1 N–H and O–H groups in total. The highest BCUT2D eigenvalue weighted by atomic mass is 16.4. The molecule has 4 heteroatoms. The van der Waals surface area contributed by atoms with Gasteiger partial charge >= 0.3 is 5.97 Å². The van der Waals surface area contributed by atoms with Gasteiger partial charge in [0.15, 0.2) is 5.82 Å². The van der Waals surface area contributed by atoms with Crippen molar-refractivity contribution in [2.24, 2.45) is 5.92 Å². The maximum Gasteiger partial charge on any atom is 0.335 e. The number of hydrogen-bond acceptors (Lipinski definition) is 3. The number of carboxylic acids is 1. The molecule has 1 aromatic carbocycles. The second kappa shape index (κ2) is 5.64. The van der Waals surface area contributed by atoms with Crippen LogP contribution in [0.25, 0.3) is 11.4 Å². The van der Waals surface area contributed by atoms with Gasteiger partial charge < -0.3 is 5.11 Å². The van der Waals surface area contributed by atoms with Crippen molar-refractivity contribution in [2.75, 3.05) is 0 Å². The van der Waals surface area contributed by atoms with E-state index in [0.717, 1.165) is 30.0 Å². The van der Waals surface area contributed by atoms with E-state index in [1.54, 1.807) is 24.3 Å². The summed E-state index contributed by atoms with van der Waals surface area (Å²) in [6.07, 6.45) is 6.42. The highest BCUT2D eigenvalue weighted by Gasteiger charge is 2.19. The first-order valence-electron chi connectivity index (χ1n) is 7.36. The Morgan fingerprint density at radius 1 is 1.33 bits per heavy atom. The van der Waals surface area contributed by atoms with Gasteiger partial charge in [0.25, 0.3) is 0 Å². The molecule has 0 saturated heterocycles. The van der Waals surface area contributed by atoms with Crippen LogP contribution in [0.2, 0.25) is 0 Å². The molecular weight excluding hydrogens is 264 g/mol. The van der Waals surface area contributed by atoms with E-state index in [4.69, 9.17) is 5.11 Å². The Balaban J connectivity index is 1.88. The van der Waals surface area contributed by atoms with Crippen molar-refractivity contribution in [2.45, 2.75) is 32.6 Å². The molecule has 0 bridgehead atoms. The summed E-state index contributed by atoms with van der Waals surface area (Å²) in [7, 11) is 0. The minimum Gasteiger partial charge on any atom is -0.478 e. The third-order valence-electron chi connectivity index (χ3n) is 4.22. The highest BCUT2D eigenvalue weighted by molar-refractivity contribution is 5.88. The molecule has 0 spiro atoms. The average molecular weight is 282 g/mol. The van der Waals surface area contributed by atoms with Gasteiger partial charge in [-0.25, -0.2) is 14.8 Å². The number of carboxylic acid groups (broad SMARTS) is 1. The van der Waals surface area contributed by atoms with Gasteiger partial charge in [0, 0.05) is 17.5 Å². The first-order chi connectivity index (χ1) is 10.2. The smallest absolute Gasteiger partial charge is 0.335 e. The molecule has 21 heavy (non-hydrogen) atoms. The lowest BCUT2D eigenvalue weighted by molar-refractivity contribution is 0.0697. The van der Waals surface area contributed by atoms with Crippen LogP contribution in [0.5, 0.6) is 0 Å². The standard InChI is InChI=1S/C17H18N2O2/c1-2-11-3-8-15-14(9-11)10-18-16(19-15)12-4-6-13(7-5-12)17(20)21/h4-7,10-11H,2-3,8-9H2,1H3,(H,20,21). The van der Waals surface area contributed by atoms with E-state index in [1.807, 2.05) is 6.20 Å². The molecular formula is C17H18N2O2. The fourth-order valence-electron chi connectivity index (χ4n) is 2.83. The maximum absolute atomic E-state index is 10.9. The normalized spacial score (nSPS) is 17.3. The van der Waals surface area contributed by atoms with Crippen LogP contribution in [0, 0.1) is 5.92 Å². The summed E-state index contributed by atoms with van der Waals surface area (Å²) in [5.74, 6) is 0.515. The molecule has 0 saturated carbocycles. The zero-order valence-electron chi connectivity index (χ0n) is 12.0. The lowest BCUT2D eigenvalue weighted by atomic mass is 9.86. The number of carbonyl (C=O) groups is 1. The largest absolute Gasteiger partial charge is 0.478 e. The third kappa shape index (κ3) is 2.79. The Morgan fingerprint density at radius 2 is 2.10 bits per heavy atom. The van der Waals surface area contributed by atoms with Crippen LogP contribution < -0.4 is 0 Å². The van der Waals surface area contributed by atoms with Crippen LogP contribution in [0.1, 0.15) is 41.4 Å². The number of aromatic nitrogens is 2. The zero-order chi connectivity index (χ0) is 14.8. The Morgan fingerprint density at radius 3 is 2.76 bits per heavy atom. The van der Waals surface area contributed by atoms with E-state index in [0.29, 0.717) is 5.82 Å². The maximum atomic E-state index is 10.9. The van der Waals surface area contributed by atoms with Crippen molar-refractivity contribution >= 4 is 5.97 Å². The molecule has 3 rings (SSSR count). The van der Waals surface area contributed by atoms with Gasteiger partial charge in [-0.3, -0.25) is 0 Å². The molecule has 0 radical (unpaired) electrons. The summed E-state index contributed by atoms with van der Waals surface area (Å²) < 4.78 is 0. The molecule has 1 aromatic heterocycles. The second-order valence-corrected chi connectivity index (χ2v) is 5.57. The highest BCUT2D eigenvalue weighted by Crippen LogP contribution is 2.27. The summed E-state index contributed by atoms with van der Waals surface area (Å²) >= 11 is 0. The SMILES string of the molecule is CCC1CCc2nc(-c3ccc(C(=O)O)cc3)ncc2C1. The monoisotopic (exact) mass is 282 g/mol. The lowest BCUT2D eigenvalue weighted by Crippen LogP contribution is -2.15. The van der Waals surface area contributed by atoms with Gasteiger partial charge in [-0.05, 0) is 42.9 Å². The van der Waals surface area contributed by atoms with Crippen LogP contribution >= 0.6 is 0 Å². The van der Waals surface area contributed by atoms with Crippen molar-refractivity contribution in [3.63, 3.8) is 0 Å². The van der Waals surface area contributed by atoms with E-state index in [2.05, 4.69) is 16.9 Å². The van der Waals surface area contributed by atoms with Gasteiger partial charge in [0.1, 0.15) is 0 Å². The third-order valence-corrected chi connectivity index (χ3v) is 4.22. The summed E-state index contributed by atoms with van der Waals surface area (Å²) in [6.45, 7) is 2.23. The molecule has 1 unspecified atom stereocenters. The molecule has 1 atom stereocenters. The number of hydrogen-bond donors (Lipinski definition) is 1. The van der Waals surface area contributed by atoms with E-state index in [1.165, 1.54) is 18.4 Å². The number of nitrogens with zero attached hydrogens (tertiary/aromatic N) is 2. The Hall–Kier alpha value is -2.23. The summed E-state index contributed by atoms with van der Waals surface area (Å²) in [5, 5.41) is 8.92. The molecule has 0 aliphatic heterocycles. The van der Waals surface area contributed by atoms with Gasteiger partial charge in [0.05, 0.1) is 5.56 Å². The minimum absolute atomic E-state index is 0.280. The van der Waals surface area contributed by atoms with E-state index in [9.17, 15) is 4.79 Å². The number of aryl methyl sites for hydroxylation is 1. The quantitative estimate of drug-likeness (QED) is 0.937. The van der Waals surface area contributed by atoms with Gasteiger partial charge in [-0.15, -0.1) is 0 Å². The predicted octanol–water partition coefficient (Wildman–Crippen LogP) is 3.36. The average Bonchev–Trinajstić information content (AvgIpc) is 2.54. The van der Waals surface area contributed by atoms with Gasteiger partial charge in [0.2, 0.25) is 0 Å². The van der Waals surface area contributed by atoms with Crippen LogP contribution in [0.4, 0.5) is 0 Å². The van der Waals surface area contributed by atoms with Gasteiger partial charge in [-0.1, -0.05) is 25.5 Å². The summed E-state index contributed by atoms with van der Waals surface area (Å²) in [5.41, 5.74) is 3.55. The second-order valence-electron chi connectivity index (χ2n) is 5.57. The number of fused-ring (bicyclic) bond motifs is 1. The Bertz CT molecular complexity index is 665. The van der Waals surface area contributed by atoms with Crippen molar-refractivity contribution in [1.82, 2.24) is 9.97 Å². The first-order valence-corrected chi connectivity index (χ1v) is 7.36. The van der Waals surface area contributed by atoms with Crippen LogP contribution in [0.15, 0.2) is 30.5 Å².